The van der Waals surface area contributed by atoms with Gasteiger partial charge in [-0.2, -0.15) is 0 Å². The van der Waals surface area contributed by atoms with Gasteiger partial charge in [0.2, 0.25) is 5.91 Å². The second-order valence-electron chi connectivity index (χ2n) is 6.88. The number of rotatable bonds is 3. The summed E-state index contributed by atoms with van der Waals surface area (Å²) in [5.41, 5.74) is 6.01. The minimum atomic E-state index is 0.179. The monoisotopic (exact) mass is 295 g/mol. The summed E-state index contributed by atoms with van der Waals surface area (Å²) in [7, 11) is 0. The van der Waals surface area contributed by atoms with Gasteiger partial charge in [0.05, 0.1) is 6.10 Å². The van der Waals surface area contributed by atoms with E-state index in [1.54, 1.807) is 0 Å². The van der Waals surface area contributed by atoms with E-state index >= 15 is 0 Å². The summed E-state index contributed by atoms with van der Waals surface area (Å²) < 4.78 is 5.70. The number of hydrogen-bond donors (Lipinski definition) is 1. The summed E-state index contributed by atoms with van der Waals surface area (Å²) in [5, 5.41) is 0. The van der Waals surface area contributed by atoms with E-state index in [1.165, 1.54) is 12.8 Å². The Morgan fingerprint density at radius 3 is 2.57 bits per heavy atom. The van der Waals surface area contributed by atoms with E-state index in [2.05, 4.69) is 9.80 Å². The van der Waals surface area contributed by atoms with Crippen LogP contribution < -0.4 is 5.73 Å². The molecule has 1 saturated carbocycles. The fourth-order valence-electron chi connectivity index (χ4n) is 3.94. The number of hydrogen-bond acceptors (Lipinski definition) is 4. The third kappa shape index (κ3) is 3.96. The molecule has 0 aromatic carbocycles. The van der Waals surface area contributed by atoms with E-state index in [9.17, 15) is 4.79 Å². The lowest BCUT2D eigenvalue weighted by atomic mass is 9.85. The summed E-state index contributed by atoms with van der Waals surface area (Å²) in [6, 6.07) is 0.230. The average molecular weight is 295 g/mol. The van der Waals surface area contributed by atoms with Gasteiger partial charge < -0.3 is 15.4 Å². The molecule has 1 aliphatic carbocycles. The molecule has 0 aromatic rings. The molecule has 2 N–H and O–H groups in total. The highest BCUT2D eigenvalue weighted by Crippen LogP contribution is 2.25. The van der Waals surface area contributed by atoms with Crippen LogP contribution in [0.1, 0.15) is 38.5 Å². The summed E-state index contributed by atoms with van der Waals surface area (Å²) in [4.78, 5) is 17.1. The lowest BCUT2D eigenvalue weighted by Crippen LogP contribution is -2.52. The Labute approximate surface area is 127 Å². The molecular weight excluding hydrogens is 266 g/mol. The maximum absolute atomic E-state index is 12.6. The Kier molecular flexibility index (Phi) is 5.14. The number of nitrogens with two attached hydrogens (primary N) is 1. The molecule has 3 rings (SSSR count). The smallest absolute Gasteiger partial charge is 0.225 e. The number of carbonyl (C=O) groups excluding carboxylic acids is 1. The van der Waals surface area contributed by atoms with Crippen LogP contribution in [-0.2, 0) is 9.53 Å². The highest BCUT2D eigenvalue weighted by atomic mass is 16.5. The molecule has 2 aliphatic heterocycles. The normalized spacial score (nSPS) is 35.1. The number of piperazine rings is 1. The van der Waals surface area contributed by atoms with Gasteiger partial charge in [0.15, 0.2) is 0 Å². The molecule has 5 nitrogen and oxygen atoms in total. The number of amides is 1. The van der Waals surface area contributed by atoms with Crippen molar-refractivity contribution in [2.75, 3.05) is 39.3 Å². The zero-order valence-corrected chi connectivity index (χ0v) is 13.0. The quantitative estimate of drug-likeness (QED) is 0.838. The summed E-state index contributed by atoms with van der Waals surface area (Å²) in [5.74, 6) is 0.528. The first-order chi connectivity index (χ1) is 10.2. The van der Waals surface area contributed by atoms with E-state index in [0.717, 1.165) is 65.0 Å². The predicted molar refractivity (Wildman–Crippen MR) is 81.9 cm³/mol. The molecule has 21 heavy (non-hydrogen) atoms. The van der Waals surface area contributed by atoms with Gasteiger partial charge in [0.1, 0.15) is 0 Å². The third-order valence-corrected chi connectivity index (χ3v) is 5.23. The maximum Gasteiger partial charge on any atom is 0.225 e. The molecule has 0 aromatic heterocycles. The van der Waals surface area contributed by atoms with Crippen molar-refractivity contribution in [2.24, 2.45) is 11.7 Å². The first-order valence-electron chi connectivity index (χ1n) is 8.60. The zero-order valence-electron chi connectivity index (χ0n) is 13.0. The Balaban J connectivity index is 1.43. The van der Waals surface area contributed by atoms with Crippen molar-refractivity contribution in [3.05, 3.63) is 0 Å². The van der Waals surface area contributed by atoms with Crippen molar-refractivity contribution in [2.45, 2.75) is 50.7 Å². The Hall–Kier alpha value is -0.650. The predicted octanol–water partition coefficient (Wildman–Crippen LogP) is 0.827. The van der Waals surface area contributed by atoms with Crippen LogP contribution in [0.4, 0.5) is 0 Å². The van der Waals surface area contributed by atoms with Crippen molar-refractivity contribution >= 4 is 5.91 Å². The number of nitrogens with zero attached hydrogens (tertiary/aromatic N) is 2. The van der Waals surface area contributed by atoms with Crippen LogP contribution in [0.2, 0.25) is 0 Å². The molecule has 0 bridgehead atoms. The minimum Gasteiger partial charge on any atom is -0.377 e. The fraction of sp³-hybridized carbons (Fsp3) is 0.938. The van der Waals surface area contributed by atoms with Crippen LogP contribution in [0.25, 0.3) is 0 Å². The van der Waals surface area contributed by atoms with Crippen LogP contribution in [0.15, 0.2) is 0 Å². The molecule has 2 heterocycles. The van der Waals surface area contributed by atoms with Crippen molar-refractivity contribution in [1.82, 2.24) is 9.80 Å². The molecule has 3 unspecified atom stereocenters. The molecule has 120 valence electrons. The zero-order chi connectivity index (χ0) is 14.7. The van der Waals surface area contributed by atoms with E-state index in [4.69, 9.17) is 10.5 Å². The van der Waals surface area contributed by atoms with Crippen LogP contribution in [0.3, 0.4) is 0 Å². The van der Waals surface area contributed by atoms with E-state index in [-0.39, 0.29) is 12.0 Å². The van der Waals surface area contributed by atoms with Crippen LogP contribution in [0.5, 0.6) is 0 Å². The largest absolute Gasteiger partial charge is 0.377 e. The molecule has 5 heteroatoms. The van der Waals surface area contributed by atoms with Gasteiger partial charge in [0, 0.05) is 51.3 Å². The Morgan fingerprint density at radius 1 is 1.10 bits per heavy atom. The van der Waals surface area contributed by atoms with Crippen molar-refractivity contribution in [3.63, 3.8) is 0 Å². The topological polar surface area (TPSA) is 58.8 Å². The third-order valence-electron chi connectivity index (χ3n) is 5.23. The second kappa shape index (κ2) is 7.07. The standard InChI is InChI=1S/C16H29N3O2/c17-14-4-1-3-13(11-14)16(20)19-8-6-18(7-9-19)12-15-5-2-10-21-15/h13-15H,1-12,17H2. The van der Waals surface area contributed by atoms with E-state index in [0.29, 0.717) is 12.0 Å². The van der Waals surface area contributed by atoms with Gasteiger partial charge in [-0.1, -0.05) is 6.42 Å². The number of ether oxygens (including phenoxy) is 1. The van der Waals surface area contributed by atoms with Gasteiger partial charge in [-0.25, -0.2) is 0 Å². The highest BCUT2D eigenvalue weighted by Gasteiger charge is 2.31. The maximum atomic E-state index is 12.6. The second-order valence-corrected chi connectivity index (χ2v) is 6.88. The lowest BCUT2D eigenvalue weighted by Gasteiger charge is -2.38. The van der Waals surface area contributed by atoms with Crippen molar-refractivity contribution < 1.29 is 9.53 Å². The minimum absolute atomic E-state index is 0.179. The Bertz CT molecular complexity index is 349. The van der Waals surface area contributed by atoms with E-state index in [1.807, 2.05) is 0 Å². The summed E-state index contributed by atoms with van der Waals surface area (Å²) in [6.45, 7) is 5.69. The van der Waals surface area contributed by atoms with Gasteiger partial charge in [0.25, 0.3) is 0 Å². The Morgan fingerprint density at radius 2 is 1.90 bits per heavy atom. The van der Waals surface area contributed by atoms with Gasteiger partial charge >= 0.3 is 0 Å². The van der Waals surface area contributed by atoms with Gasteiger partial charge in [-0.05, 0) is 32.1 Å². The van der Waals surface area contributed by atoms with Crippen molar-refractivity contribution in [1.29, 1.82) is 0 Å². The lowest BCUT2D eigenvalue weighted by molar-refractivity contribution is -0.138. The van der Waals surface area contributed by atoms with Gasteiger partial charge in [-0.15, -0.1) is 0 Å². The molecule has 3 aliphatic rings. The van der Waals surface area contributed by atoms with E-state index < -0.39 is 0 Å². The molecular formula is C16H29N3O2. The highest BCUT2D eigenvalue weighted by molar-refractivity contribution is 5.79. The van der Waals surface area contributed by atoms with Gasteiger partial charge in [-0.3, -0.25) is 9.69 Å². The van der Waals surface area contributed by atoms with Crippen molar-refractivity contribution in [3.8, 4) is 0 Å². The molecule has 0 spiro atoms. The molecule has 2 saturated heterocycles. The molecule has 0 radical (unpaired) electrons. The fourth-order valence-corrected chi connectivity index (χ4v) is 3.94. The average Bonchev–Trinajstić information content (AvgIpc) is 3.00. The summed E-state index contributed by atoms with van der Waals surface area (Å²) >= 11 is 0. The molecule has 3 atom stereocenters. The first-order valence-corrected chi connectivity index (χ1v) is 8.60. The summed E-state index contributed by atoms with van der Waals surface area (Å²) in [6.07, 6.45) is 6.92. The molecule has 1 amide bonds. The SMILES string of the molecule is NC1CCCC(C(=O)N2CCN(CC3CCCO3)CC2)C1. The first kappa shape index (κ1) is 15.3. The number of carbonyl (C=O) groups is 1. The van der Waals surface area contributed by atoms with Crippen LogP contribution in [-0.4, -0.2) is 67.2 Å². The van der Waals surface area contributed by atoms with Crippen LogP contribution >= 0.6 is 0 Å². The van der Waals surface area contributed by atoms with Crippen LogP contribution in [0, 0.1) is 5.92 Å². The molecule has 3 fully saturated rings.